The van der Waals surface area contributed by atoms with Crippen molar-refractivity contribution in [2.45, 2.75) is 12.8 Å². The second kappa shape index (κ2) is 3.98. The average molecular weight is 182 g/mol. The van der Waals surface area contributed by atoms with Crippen LogP contribution in [0.2, 0.25) is 0 Å². The summed E-state index contributed by atoms with van der Waals surface area (Å²) in [5.74, 6) is -2.68. The van der Waals surface area contributed by atoms with Gasteiger partial charge in [0.25, 0.3) is 0 Å². The minimum atomic E-state index is -1.17. The molecule has 1 fully saturated rings. The SMILES string of the molecule is C=CCCC(=O)C1C(=O)COC1=O. The highest BCUT2D eigenvalue weighted by atomic mass is 16.5. The molecule has 13 heavy (non-hydrogen) atoms. The van der Waals surface area contributed by atoms with Gasteiger partial charge in [-0.15, -0.1) is 6.58 Å². The van der Waals surface area contributed by atoms with E-state index in [0.717, 1.165) is 0 Å². The Morgan fingerprint density at radius 2 is 2.31 bits per heavy atom. The molecule has 1 heterocycles. The Kier molecular flexibility index (Phi) is 2.95. The van der Waals surface area contributed by atoms with E-state index in [-0.39, 0.29) is 18.8 Å². The molecule has 0 aromatic carbocycles. The third-order valence-corrected chi connectivity index (χ3v) is 1.83. The second-order valence-electron chi connectivity index (χ2n) is 2.80. The van der Waals surface area contributed by atoms with Crippen LogP contribution in [-0.2, 0) is 19.1 Å². The van der Waals surface area contributed by atoms with Crippen LogP contribution in [0.5, 0.6) is 0 Å². The molecule has 0 N–H and O–H groups in total. The molecule has 0 bridgehead atoms. The number of cyclic esters (lactones) is 1. The van der Waals surface area contributed by atoms with E-state index in [4.69, 9.17) is 0 Å². The van der Waals surface area contributed by atoms with Gasteiger partial charge in [-0.1, -0.05) is 6.08 Å². The van der Waals surface area contributed by atoms with Crippen LogP contribution in [0, 0.1) is 5.92 Å². The van der Waals surface area contributed by atoms with Crippen LogP contribution in [0.25, 0.3) is 0 Å². The summed E-state index contributed by atoms with van der Waals surface area (Å²) in [4.78, 5) is 33.2. The molecule has 1 rings (SSSR count). The summed E-state index contributed by atoms with van der Waals surface area (Å²) in [7, 11) is 0. The molecule has 0 aromatic rings. The molecule has 0 aromatic heterocycles. The largest absolute Gasteiger partial charge is 0.457 e. The maximum Gasteiger partial charge on any atom is 0.324 e. The summed E-state index contributed by atoms with van der Waals surface area (Å²) in [6.45, 7) is 3.18. The highest BCUT2D eigenvalue weighted by Crippen LogP contribution is 2.14. The van der Waals surface area contributed by atoms with Gasteiger partial charge in [-0.3, -0.25) is 14.4 Å². The molecule has 0 amide bonds. The molecular formula is C9H10O4. The van der Waals surface area contributed by atoms with E-state index in [1.165, 1.54) is 0 Å². The lowest BCUT2D eigenvalue weighted by Gasteiger charge is -2.00. The van der Waals surface area contributed by atoms with Crippen molar-refractivity contribution in [3.63, 3.8) is 0 Å². The van der Waals surface area contributed by atoms with Gasteiger partial charge in [0, 0.05) is 6.42 Å². The lowest BCUT2D eigenvalue weighted by molar-refractivity contribution is -0.144. The molecule has 0 spiro atoms. The average Bonchev–Trinajstić information content (AvgIpc) is 2.42. The van der Waals surface area contributed by atoms with Gasteiger partial charge < -0.3 is 4.74 Å². The monoisotopic (exact) mass is 182 g/mol. The number of carbonyl (C=O) groups is 3. The predicted molar refractivity (Wildman–Crippen MR) is 43.9 cm³/mol. The standard InChI is InChI=1S/C9H10O4/c1-2-3-4-6(10)8-7(11)5-13-9(8)12/h2,8H,1,3-5H2. The van der Waals surface area contributed by atoms with Crippen molar-refractivity contribution >= 4 is 17.5 Å². The molecule has 4 nitrogen and oxygen atoms in total. The first kappa shape index (κ1) is 9.64. The van der Waals surface area contributed by atoms with Crippen LogP contribution in [0.15, 0.2) is 12.7 Å². The van der Waals surface area contributed by atoms with E-state index in [9.17, 15) is 14.4 Å². The number of ether oxygens (including phenoxy) is 1. The Labute approximate surface area is 75.6 Å². The van der Waals surface area contributed by atoms with E-state index in [2.05, 4.69) is 11.3 Å². The number of Topliss-reactive ketones (excluding diaryl/α,β-unsaturated/α-hetero) is 2. The normalized spacial score (nSPS) is 21.4. The van der Waals surface area contributed by atoms with Crippen LogP contribution in [0.3, 0.4) is 0 Å². The maximum atomic E-state index is 11.3. The van der Waals surface area contributed by atoms with Crippen molar-refractivity contribution < 1.29 is 19.1 Å². The van der Waals surface area contributed by atoms with E-state index in [0.29, 0.717) is 6.42 Å². The molecule has 4 heteroatoms. The molecule has 0 saturated carbocycles. The first-order valence-electron chi connectivity index (χ1n) is 3.99. The van der Waals surface area contributed by atoms with Crippen LogP contribution >= 0.6 is 0 Å². The van der Waals surface area contributed by atoms with Crippen LogP contribution < -0.4 is 0 Å². The number of carbonyl (C=O) groups excluding carboxylic acids is 3. The van der Waals surface area contributed by atoms with E-state index >= 15 is 0 Å². The van der Waals surface area contributed by atoms with E-state index in [1.54, 1.807) is 6.08 Å². The van der Waals surface area contributed by atoms with Gasteiger partial charge in [0.2, 0.25) is 0 Å². The van der Waals surface area contributed by atoms with Crippen LogP contribution in [0.1, 0.15) is 12.8 Å². The number of ketones is 2. The Hall–Kier alpha value is -1.45. The number of hydrogen-bond acceptors (Lipinski definition) is 4. The third-order valence-electron chi connectivity index (χ3n) is 1.83. The molecule has 1 aliphatic heterocycles. The number of allylic oxidation sites excluding steroid dienone is 1. The van der Waals surface area contributed by atoms with Crippen molar-refractivity contribution in [2.75, 3.05) is 6.61 Å². The highest BCUT2D eigenvalue weighted by molar-refractivity contribution is 6.20. The first-order valence-corrected chi connectivity index (χ1v) is 3.99. The minimum absolute atomic E-state index is 0.176. The van der Waals surface area contributed by atoms with Crippen molar-refractivity contribution in [3.05, 3.63) is 12.7 Å². The summed E-state index contributed by atoms with van der Waals surface area (Å²) in [5, 5.41) is 0. The molecule has 0 aliphatic carbocycles. The lowest BCUT2D eigenvalue weighted by Crippen LogP contribution is -2.25. The Bertz CT molecular complexity index is 251. The smallest absolute Gasteiger partial charge is 0.324 e. The molecule has 1 saturated heterocycles. The predicted octanol–water partition coefficient (Wildman–Crippen LogP) is 0.264. The topological polar surface area (TPSA) is 60.4 Å². The van der Waals surface area contributed by atoms with Gasteiger partial charge in [-0.05, 0) is 6.42 Å². The van der Waals surface area contributed by atoms with Gasteiger partial charge in [0.1, 0.15) is 0 Å². The van der Waals surface area contributed by atoms with Gasteiger partial charge >= 0.3 is 5.97 Å². The van der Waals surface area contributed by atoms with Gasteiger partial charge in [-0.25, -0.2) is 0 Å². The van der Waals surface area contributed by atoms with Gasteiger partial charge in [0.05, 0.1) is 0 Å². The Morgan fingerprint density at radius 1 is 1.62 bits per heavy atom. The zero-order valence-electron chi connectivity index (χ0n) is 7.12. The fraction of sp³-hybridized carbons (Fsp3) is 0.444. The lowest BCUT2D eigenvalue weighted by atomic mass is 9.98. The first-order chi connectivity index (χ1) is 6.16. The van der Waals surface area contributed by atoms with Crippen molar-refractivity contribution in [3.8, 4) is 0 Å². The van der Waals surface area contributed by atoms with Crippen molar-refractivity contribution in [1.82, 2.24) is 0 Å². The summed E-state index contributed by atoms with van der Waals surface area (Å²) in [5.41, 5.74) is 0. The van der Waals surface area contributed by atoms with E-state index in [1.807, 2.05) is 0 Å². The van der Waals surface area contributed by atoms with Crippen molar-refractivity contribution in [1.29, 1.82) is 0 Å². The number of esters is 1. The van der Waals surface area contributed by atoms with Crippen molar-refractivity contribution in [2.24, 2.45) is 5.92 Å². The highest BCUT2D eigenvalue weighted by Gasteiger charge is 2.40. The molecule has 1 aliphatic rings. The van der Waals surface area contributed by atoms with Gasteiger partial charge in [0.15, 0.2) is 24.1 Å². The number of hydrogen-bond donors (Lipinski definition) is 0. The molecular weight excluding hydrogens is 172 g/mol. The summed E-state index contributed by atoms with van der Waals surface area (Å²) in [6.07, 6.45) is 2.23. The molecule has 70 valence electrons. The number of rotatable bonds is 4. The molecule has 1 atom stereocenters. The van der Waals surface area contributed by atoms with Gasteiger partial charge in [-0.2, -0.15) is 0 Å². The summed E-state index contributed by atoms with van der Waals surface area (Å²) in [6, 6.07) is 0. The minimum Gasteiger partial charge on any atom is -0.457 e. The van der Waals surface area contributed by atoms with Crippen LogP contribution in [0.4, 0.5) is 0 Å². The zero-order valence-corrected chi connectivity index (χ0v) is 7.12. The van der Waals surface area contributed by atoms with Crippen LogP contribution in [-0.4, -0.2) is 24.1 Å². The zero-order chi connectivity index (χ0) is 9.84. The fourth-order valence-corrected chi connectivity index (χ4v) is 1.14. The second-order valence-corrected chi connectivity index (χ2v) is 2.80. The Morgan fingerprint density at radius 3 is 2.77 bits per heavy atom. The summed E-state index contributed by atoms with van der Waals surface area (Å²) >= 11 is 0. The molecule has 0 radical (unpaired) electrons. The fourth-order valence-electron chi connectivity index (χ4n) is 1.14. The molecule has 1 unspecified atom stereocenters. The third kappa shape index (κ3) is 2.02. The quantitative estimate of drug-likeness (QED) is 0.355. The summed E-state index contributed by atoms with van der Waals surface area (Å²) < 4.78 is 4.44. The maximum absolute atomic E-state index is 11.3. The Balaban J connectivity index is 2.59. The van der Waals surface area contributed by atoms with E-state index < -0.39 is 17.7 Å².